The Bertz CT molecular complexity index is 1140. The molecule has 0 atom stereocenters. The molecule has 7 heteroatoms. The third kappa shape index (κ3) is 5.49. The summed E-state index contributed by atoms with van der Waals surface area (Å²) in [6.07, 6.45) is 0.849. The summed E-state index contributed by atoms with van der Waals surface area (Å²) in [7, 11) is 1.64. The largest absolute Gasteiger partial charge is 0.496 e. The molecule has 0 spiro atoms. The van der Waals surface area contributed by atoms with Gasteiger partial charge in [-0.2, -0.15) is 5.10 Å². The van der Waals surface area contributed by atoms with Crippen LogP contribution in [-0.2, 0) is 11.3 Å². The molecule has 0 aliphatic carbocycles. The first-order chi connectivity index (χ1) is 14.9. The minimum atomic E-state index is -0.0985. The van der Waals surface area contributed by atoms with E-state index in [1.807, 2.05) is 64.1 Å². The van der Waals surface area contributed by atoms with E-state index in [-0.39, 0.29) is 11.7 Å². The Hall–Kier alpha value is -3.19. The number of nitrogens with one attached hydrogen (secondary N) is 1. The summed E-state index contributed by atoms with van der Waals surface area (Å²) in [6.45, 7) is 8.95. The van der Waals surface area contributed by atoms with Crippen LogP contribution in [0.2, 0.25) is 0 Å². The number of anilines is 1. The smallest absolute Gasteiger partial charge is 0.262 e. The van der Waals surface area contributed by atoms with Gasteiger partial charge in [-0.25, -0.2) is 10.4 Å². The van der Waals surface area contributed by atoms with Crippen molar-refractivity contribution in [3.8, 4) is 5.75 Å². The second-order valence-corrected chi connectivity index (χ2v) is 7.70. The molecule has 0 amide bonds. The van der Waals surface area contributed by atoms with E-state index in [4.69, 9.17) is 9.47 Å². The van der Waals surface area contributed by atoms with Crippen LogP contribution in [0.4, 0.5) is 5.95 Å². The molecule has 0 saturated carbocycles. The lowest BCUT2D eigenvalue weighted by atomic mass is 10.1. The molecule has 7 nitrogen and oxygen atoms in total. The van der Waals surface area contributed by atoms with Gasteiger partial charge >= 0.3 is 0 Å². The summed E-state index contributed by atoms with van der Waals surface area (Å²) in [4.78, 5) is 17.8. The molecule has 31 heavy (non-hydrogen) atoms. The number of hydrogen-bond acceptors (Lipinski definition) is 6. The van der Waals surface area contributed by atoms with E-state index >= 15 is 0 Å². The Labute approximate surface area is 182 Å². The predicted octanol–water partition coefficient (Wildman–Crippen LogP) is 4.36. The van der Waals surface area contributed by atoms with Gasteiger partial charge in [0.2, 0.25) is 5.95 Å². The number of hydrazone groups is 1. The van der Waals surface area contributed by atoms with E-state index < -0.39 is 0 Å². The van der Waals surface area contributed by atoms with Gasteiger partial charge in [0.25, 0.3) is 5.56 Å². The molecule has 2 aromatic carbocycles. The molecule has 0 aliphatic heterocycles. The summed E-state index contributed by atoms with van der Waals surface area (Å²) < 4.78 is 12.7. The van der Waals surface area contributed by atoms with Gasteiger partial charge in [-0.05, 0) is 58.4 Å². The van der Waals surface area contributed by atoms with E-state index in [9.17, 15) is 4.79 Å². The first-order valence-electron chi connectivity index (χ1n) is 10.5. The molecular formula is C24H30N4O3. The zero-order valence-corrected chi connectivity index (χ0v) is 18.8. The topological polar surface area (TPSA) is 77.7 Å². The van der Waals surface area contributed by atoms with Crippen LogP contribution in [0, 0.1) is 6.92 Å². The van der Waals surface area contributed by atoms with Crippen LogP contribution < -0.4 is 15.7 Å². The molecule has 164 valence electrons. The number of aryl methyl sites for hydroxylation is 1. The number of nitrogens with zero attached hydrogens (tertiary/aromatic N) is 3. The van der Waals surface area contributed by atoms with Crippen molar-refractivity contribution in [1.82, 2.24) is 9.55 Å². The van der Waals surface area contributed by atoms with Crippen molar-refractivity contribution in [2.75, 3.05) is 19.1 Å². The zero-order valence-electron chi connectivity index (χ0n) is 18.8. The van der Waals surface area contributed by atoms with Crippen molar-refractivity contribution in [3.05, 3.63) is 63.9 Å². The lowest BCUT2D eigenvalue weighted by Gasteiger charge is -2.14. The van der Waals surface area contributed by atoms with Crippen molar-refractivity contribution in [2.24, 2.45) is 5.10 Å². The number of fused-ring (bicyclic) bond motifs is 1. The highest BCUT2D eigenvalue weighted by atomic mass is 16.5. The maximum Gasteiger partial charge on any atom is 0.262 e. The molecule has 1 N–H and O–H groups in total. The number of aromatic nitrogens is 2. The van der Waals surface area contributed by atoms with E-state index in [0.717, 1.165) is 22.6 Å². The number of benzene rings is 2. The van der Waals surface area contributed by atoms with Crippen LogP contribution in [0.15, 0.2) is 52.4 Å². The highest BCUT2D eigenvalue weighted by molar-refractivity contribution is 6.01. The Morgan fingerprint density at radius 1 is 1.23 bits per heavy atom. The van der Waals surface area contributed by atoms with Crippen LogP contribution >= 0.6 is 0 Å². The van der Waals surface area contributed by atoms with Crippen molar-refractivity contribution in [3.63, 3.8) is 0 Å². The Morgan fingerprint density at radius 2 is 2.00 bits per heavy atom. The van der Waals surface area contributed by atoms with Gasteiger partial charge in [-0.1, -0.05) is 23.8 Å². The Balaban J connectivity index is 1.94. The van der Waals surface area contributed by atoms with Crippen molar-refractivity contribution in [1.29, 1.82) is 0 Å². The number of methoxy groups -OCH3 is 1. The quantitative estimate of drug-likeness (QED) is 0.315. The van der Waals surface area contributed by atoms with Gasteiger partial charge in [-0.15, -0.1) is 0 Å². The van der Waals surface area contributed by atoms with Crippen LogP contribution in [0.1, 0.15) is 38.3 Å². The van der Waals surface area contributed by atoms with E-state index in [2.05, 4.69) is 15.5 Å². The molecule has 0 saturated heterocycles. The van der Waals surface area contributed by atoms with Crippen LogP contribution in [-0.4, -0.2) is 35.1 Å². The van der Waals surface area contributed by atoms with Gasteiger partial charge in [0.15, 0.2) is 0 Å². The van der Waals surface area contributed by atoms with E-state index in [1.165, 1.54) is 0 Å². The fraction of sp³-hybridized carbons (Fsp3) is 0.375. The monoisotopic (exact) mass is 422 g/mol. The summed E-state index contributed by atoms with van der Waals surface area (Å²) in [5, 5.41) is 5.09. The molecule has 3 aromatic rings. The molecule has 0 bridgehead atoms. The van der Waals surface area contributed by atoms with E-state index in [0.29, 0.717) is 36.4 Å². The van der Waals surface area contributed by atoms with Gasteiger partial charge in [-0.3, -0.25) is 9.36 Å². The van der Waals surface area contributed by atoms with Crippen molar-refractivity contribution >= 4 is 22.6 Å². The van der Waals surface area contributed by atoms with Crippen molar-refractivity contribution < 1.29 is 9.47 Å². The molecular weight excluding hydrogens is 392 g/mol. The molecule has 0 fully saturated rings. The molecule has 1 aromatic heterocycles. The van der Waals surface area contributed by atoms with E-state index in [1.54, 1.807) is 17.7 Å². The highest BCUT2D eigenvalue weighted by Crippen LogP contribution is 2.21. The van der Waals surface area contributed by atoms with Gasteiger partial charge in [0.05, 0.1) is 29.8 Å². The number of ether oxygens (including phenoxy) is 2. The lowest BCUT2D eigenvalue weighted by molar-refractivity contribution is 0.0748. The first-order valence-corrected chi connectivity index (χ1v) is 10.5. The number of rotatable bonds is 9. The second-order valence-electron chi connectivity index (χ2n) is 7.70. The highest BCUT2D eigenvalue weighted by Gasteiger charge is 2.12. The molecule has 0 radical (unpaired) electrons. The number of para-hydroxylation sites is 1. The third-order valence-electron chi connectivity index (χ3n) is 4.91. The standard InChI is InChI=1S/C24H30N4O3/c1-16(2)31-14-8-13-28-23(29)19-9-6-7-10-21(19)25-24(28)27-26-18(4)20-15-17(3)11-12-22(20)30-5/h6-7,9-12,15-16H,8,13-14H2,1-5H3,(H,25,27)/b26-18-. The Kier molecular flexibility index (Phi) is 7.41. The minimum absolute atomic E-state index is 0.0985. The summed E-state index contributed by atoms with van der Waals surface area (Å²) in [5.74, 6) is 1.14. The first kappa shape index (κ1) is 22.5. The Morgan fingerprint density at radius 3 is 2.74 bits per heavy atom. The minimum Gasteiger partial charge on any atom is -0.496 e. The molecule has 0 aliphatic rings. The maximum atomic E-state index is 13.1. The van der Waals surface area contributed by atoms with Gasteiger partial charge < -0.3 is 9.47 Å². The summed E-state index contributed by atoms with van der Waals surface area (Å²) in [6, 6.07) is 13.3. The maximum absolute atomic E-state index is 13.1. The zero-order chi connectivity index (χ0) is 22.4. The molecule has 3 rings (SSSR count). The summed E-state index contributed by atoms with van der Waals surface area (Å²) >= 11 is 0. The normalized spacial score (nSPS) is 11.9. The molecule has 0 unspecified atom stereocenters. The van der Waals surface area contributed by atoms with Crippen molar-refractivity contribution in [2.45, 2.75) is 46.8 Å². The fourth-order valence-electron chi connectivity index (χ4n) is 3.30. The fourth-order valence-corrected chi connectivity index (χ4v) is 3.30. The number of hydrogen-bond donors (Lipinski definition) is 1. The molecule has 1 heterocycles. The predicted molar refractivity (Wildman–Crippen MR) is 125 cm³/mol. The van der Waals surface area contributed by atoms with Crippen LogP contribution in [0.3, 0.4) is 0 Å². The lowest BCUT2D eigenvalue weighted by Crippen LogP contribution is -2.25. The SMILES string of the molecule is COc1ccc(C)cc1/C(C)=N\Nc1nc2ccccc2c(=O)n1CCCOC(C)C. The summed E-state index contributed by atoms with van der Waals surface area (Å²) in [5.41, 5.74) is 6.27. The van der Waals surface area contributed by atoms with Gasteiger partial charge in [0.1, 0.15) is 5.75 Å². The van der Waals surface area contributed by atoms with Crippen LogP contribution in [0.25, 0.3) is 10.9 Å². The second kappa shape index (κ2) is 10.2. The average molecular weight is 423 g/mol. The average Bonchev–Trinajstić information content (AvgIpc) is 2.76. The van der Waals surface area contributed by atoms with Gasteiger partial charge in [0, 0.05) is 18.7 Å². The van der Waals surface area contributed by atoms with Crippen LogP contribution in [0.5, 0.6) is 5.75 Å². The third-order valence-corrected chi connectivity index (χ3v) is 4.91.